The summed E-state index contributed by atoms with van der Waals surface area (Å²) in [5.41, 5.74) is 1.70. The quantitative estimate of drug-likeness (QED) is 0.589. The molecule has 2 unspecified atom stereocenters. The fourth-order valence-electron chi connectivity index (χ4n) is 4.03. The number of benzene rings is 2. The number of unbranched alkanes of at least 4 members (excludes halogenated alkanes) is 1. The third-order valence-electron chi connectivity index (χ3n) is 5.82. The molecule has 2 N–H and O–H groups in total. The van der Waals surface area contributed by atoms with Gasteiger partial charge in [0.2, 0.25) is 5.91 Å². The molecule has 2 aromatic carbocycles. The number of hydrogen-bond donors (Lipinski definition) is 2. The summed E-state index contributed by atoms with van der Waals surface area (Å²) in [5.74, 6) is 0.788. The van der Waals surface area contributed by atoms with E-state index in [0.717, 1.165) is 24.8 Å². The zero-order valence-electron chi connectivity index (χ0n) is 19.1. The predicted octanol–water partition coefficient (Wildman–Crippen LogP) is 4.61. The van der Waals surface area contributed by atoms with Crippen LogP contribution in [0.4, 0.5) is 10.5 Å². The number of likely N-dealkylation sites (tertiary alicyclic amines) is 1. The van der Waals surface area contributed by atoms with E-state index in [9.17, 15) is 9.59 Å². The summed E-state index contributed by atoms with van der Waals surface area (Å²) >= 11 is 0. The summed E-state index contributed by atoms with van der Waals surface area (Å²) in [5, 5.41) is 5.98. The molecule has 3 amide bonds. The van der Waals surface area contributed by atoms with Crippen molar-refractivity contribution in [2.45, 2.75) is 38.6 Å². The minimum Gasteiger partial charge on any atom is -0.497 e. The van der Waals surface area contributed by atoms with Crippen LogP contribution < -0.4 is 20.1 Å². The SMILES string of the molecule is CCCCNC(=O)N1CC(C(=O)Nc2cc(OC)cc(OC)c2)CCC1c1ccccc1. The average molecular weight is 440 g/mol. The minimum atomic E-state index is -0.302. The molecule has 1 aliphatic rings. The predicted molar refractivity (Wildman–Crippen MR) is 125 cm³/mol. The first-order valence-corrected chi connectivity index (χ1v) is 11.2. The summed E-state index contributed by atoms with van der Waals surface area (Å²) < 4.78 is 10.6. The molecule has 172 valence electrons. The molecule has 1 aliphatic heterocycles. The van der Waals surface area contributed by atoms with Crippen molar-refractivity contribution in [1.29, 1.82) is 0 Å². The molecule has 0 spiro atoms. The highest BCUT2D eigenvalue weighted by Crippen LogP contribution is 2.34. The fraction of sp³-hybridized carbons (Fsp3) is 0.440. The third-order valence-corrected chi connectivity index (χ3v) is 5.82. The second kappa shape index (κ2) is 11.4. The van der Waals surface area contributed by atoms with E-state index < -0.39 is 0 Å². The Hall–Kier alpha value is -3.22. The maximum atomic E-state index is 13.1. The number of nitrogens with zero attached hydrogens (tertiary/aromatic N) is 1. The van der Waals surface area contributed by atoms with Gasteiger partial charge in [-0.05, 0) is 24.8 Å². The van der Waals surface area contributed by atoms with Crippen LogP contribution in [0.2, 0.25) is 0 Å². The van der Waals surface area contributed by atoms with E-state index in [1.165, 1.54) is 0 Å². The topological polar surface area (TPSA) is 79.9 Å². The van der Waals surface area contributed by atoms with Crippen LogP contribution in [-0.2, 0) is 4.79 Å². The molecule has 2 atom stereocenters. The van der Waals surface area contributed by atoms with E-state index in [1.807, 2.05) is 35.2 Å². The molecular formula is C25H33N3O4. The van der Waals surface area contributed by atoms with Crippen LogP contribution in [0.25, 0.3) is 0 Å². The molecule has 0 aliphatic carbocycles. The first kappa shape index (κ1) is 23.4. The van der Waals surface area contributed by atoms with E-state index in [0.29, 0.717) is 36.7 Å². The maximum Gasteiger partial charge on any atom is 0.317 e. The Morgan fingerprint density at radius 2 is 1.72 bits per heavy atom. The highest BCUT2D eigenvalue weighted by Gasteiger charge is 2.35. The van der Waals surface area contributed by atoms with Gasteiger partial charge in [0.15, 0.2) is 0 Å². The number of urea groups is 1. The Morgan fingerprint density at radius 1 is 1.03 bits per heavy atom. The van der Waals surface area contributed by atoms with Crippen LogP contribution in [0.1, 0.15) is 44.2 Å². The lowest BCUT2D eigenvalue weighted by molar-refractivity contribution is -0.121. The van der Waals surface area contributed by atoms with Crippen molar-refractivity contribution in [2.75, 3.05) is 32.6 Å². The number of ether oxygens (including phenoxy) is 2. The second-order valence-corrected chi connectivity index (χ2v) is 8.03. The van der Waals surface area contributed by atoms with Crippen molar-refractivity contribution >= 4 is 17.6 Å². The summed E-state index contributed by atoms with van der Waals surface area (Å²) in [6, 6.07) is 15.1. The van der Waals surface area contributed by atoms with E-state index in [-0.39, 0.29) is 23.9 Å². The molecule has 1 saturated heterocycles. The van der Waals surface area contributed by atoms with Gasteiger partial charge >= 0.3 is 6.03 Å². The molecule has 7 nitrogen and oxygen atoms in total. The van der Waals surface area contributed by atoms with Gasteiger partial charge in [0.05, 0.1) is 26.2 Å². The second-order valence-electron chi connectivity index (χ2n) is 8.03. The van der Waals surface area contributed by atoms with Crippen LogP contribution in [0.5, 0.6) is 11.5 Å². The van der Waals surface area contributed by atoms with Gasteiger partial charge in [-0.1, -0.05) is 43.7 Å². The number of hydrogen-bond acceptors (Lipinski definition) is 4. The normalized spacial score (nSPS) is 18.0. The number of rotatable bonds is 8. The molecule has 0 aromatic heterocycles. The van der Waals surface area contributed by atoms with Crippen LogP contribution in [-0.4, -0.2) is 44.1 Å². The van der Waals surface area contributed by atoms with E-state index in [2.05, 4.69) is 17.6 Å². The fourth-order valence-corrected chi connectivity index (χ4v) is 4.03. The largest absolute Gasteiger partial charge is 0.497 e. The molecule has 1 fully saturated rings. The van der Waals surface area contributed by atoms with Gasteiger partial charge < -0.3 is 25.0 Å². The lowest BCUT2D eigenvalue weighted by Gasteiger charge is -2.39. The van der Waals surface area contributed by atoms with Crippen LogP contribution in [0.3, 0.4) is 0 Å². The molecule has 2 aromatic rings. The number of amides is 3. The van der Waals surface area contributed by atoms with Crippen LogP contribution in [0.15, 0.2) is 48.5 Å². The number of carbonyl (C=O) groups excluding carboxylic acids is 2. The molecular weight excluding hydrogens is 406 g/mol. The van der Waals surface area contributed by atoms with Crippen molar-refractivity contribution in [2.24, 2.45) is 5.92 Å². The smallest absolute Gasteiger partial charge is 0.317 e. The van der Waals surface area contributed by atoms with E-state index >= 15 is 0 Å². The number of piperidine rings is 1. The number of methoxy groups -OCH3 is 2. The monoisotopic (exact) mass is 439 g/mol. The molecule has 0 saturated carbocycles. The Bertz CT molecular complexity index is 881. The Morgan fingerprint density at radius 3 is 2.34 bits per heavy atom. The maximum absolute atomic E-state index is 13.1. The first-order chi connectivity index (χ1) is 15.5. The lowest BCUT2D eigenvalue weighted by Crippen LogP contribution is -2.49. The van der Waals surface area contributed by atoms with Crippen LogP contribution in [0, 0.1) is 5.92 Å². The van der Waals surface area contributed by atoms with Crippen molar-refractivity contribution in [3.05, 3.63) is 54.1 Å². The highest BCUT2D eigenvalue weighted by molar-refractivity contribution is 5.93. The molecule has 32 heavy (non-hydrogen) atoms. The van der Waals surface area contributed by atoms with Crippen molar-refractivity contribution < 1.29 is 19.1 Å². The Labute approximate surface area is 190 Å². The Balaban J connectivity index is 1.74. The van der Waals surface area contributed by atoms with Gasteiger partial charge in [0.25, 0.3) is 0 Å². The van der Waals surface area contributed by atoms with Gasteiger partial charge in [-0.2, -0.15) is 0 Å². The van der Waals surface area contributed by atoms with Crippen molar-refractivity contribution in [3.8, 4) is 11.5 Å². The molecule has 0 radical (unpaired) electrons. The van der Waals surface area contributed by atoms with E-state index in [1.54, 1.807) is 32.4 Å². The van der Waals surface area contributed by atoms with Gasteiger partial charge in [-0.3, -0.25) is 4.79 Å². The summed E-state index contributed by atoms with van der Waals surface area (Å²) in [4.78, 5) is 27.9. The summed E-state index contributed by atoms with van der Waals surface area (Å²) in [6.07, 6.45) is 3.37. The standard InChI is InChI=1S/C25H33N3O4/c1-4-5-13-26-25(30)28-17-19(11-12-23(28)18-9-7-6-8-10-18)24(29)27-20-14-21(31-2)16-22(15-20)32-3/h6-10,14-16,19,23H,4-5,11-13,17H2,1-3H3,(H,26,30)(H,27,29). The molecule has 1 heterocycles. The summed E-state index contributed by atoms with van der Waals surface area (Å²) in [7, 11) is 3.14. The van der Waals surface area contributed by atoms with Gasteiger partial charge in [-0.15, -0.1) is 0 Å². The Kier molecular flexibility index (Phi) is 8.36. The molecule has 0 bridgehead atoms. The van der Waals surface area contributed by atoms with Gasteiger partial charge in [-0.25, -0.2) is 4.79 Å². The van der Waals surface area contributed by atoms with Crippen LogP contribution >= 0.6 is 0 Å². The third kappa shape index (κ3) is 5.93. The minimum absolute atomic E-state index is 0.0428. The van der Waals surface area contributed by atoms with Gasteiger partial charge in [0.1, 0.15) is 11.5 Å². The lowest BCUT2D eigenvalue weighted by atomic mass is 9.88. The zero-order chi connectivity index (χ0) is 22.9. The van der Waals surface area contributed by atoms with Crippen molar-refractivity contribution in [3.63, 3.8) is 0 Å². The number of anilines is 1. The zero-order valence-corrected chi connectivity index (χ0v) is 19.1. The number of carbonyl (C=O) groups is 2. The summed E-state index contributed by atoms with van der Waals surface area (Å²) in [6.45, 7) is 3.09. The van der Waals surface area contributed by atoms with Crippen molar-refractivity contribution in [1.82, 2.24) is 10.2 Å². The van der Waals surface area contributed by atoms with Gasteiger partial charge in [0, 0.05) is 37.0 Å². The highest BCUT2D eigenvalue weighted by atomic mass is 16.5. The molecule has 3 rings (SSSR count). The molecule has 7 heteroatoms. The average Bonchev–Trinajstić information content (AvgIpc) is 2.83. The first-order valence-electron chi connectivity index (χ1n) is 11.2. The van der Waals surface area contributed by atoms with E-state index in [4.69, 9.17) is 9.47 Å². The number of nitrogens with one attached hydrogen (secondary N) is 2.